The van der Waals surface area contributed by atoms with E-state index in [0.29, 0.717) is 23.0 Å². The number of hydrogen-bond acceptors (Lipinski definition) is 4. The summed E-state index contributed by atoms with van der Waals surface area (Å²) in [5.41, 5.74) is 8.06. The van der Waals surface area contributed by atoms with Crippen LogP contribution in [0.3, 0.4) is 0 Å². The zero-order valence-corrected chi connectivity index (χ0v) is 13.7. The normalized spacial score (nSPS) is 28.5. The van der Waals surface area contributed by atoms with E-state index in [0.717, 1.165) is 36.8 Å². The van der Waals surface area contributed by atoms with Gasteiger partial charge < -0.3 is 16.4 Å². The monoisotopic (exact) mass is 350 g/mol. The average molecular weight is 350 g/mol. The highest BCUT2D eigenvalue weighted by atomic mass is 19.4. The van der Waals surface area contributed by atoms with Crippen molar-refractivity contribution in [2.24, 2.45) is 11.1 Å². The average Bonchev–Trinajstić information content (AvgIpc) is 2.48. The van der Waals surface area contributed by atoms with Crippen molar-refractivity contribution < 1.29 is 13.2 Å². The topological polar surface area (TPSA) is 63.0 Å². The molecule has 4 N–H and O–H groups in total. The van der Waals surface area contributed by atoms with Crippen molar-refractivity contribution in [3.05, 3.63) is 30.3 Å². The van der Waals surface area contributed by atoms with E-state index >= 15 is 0 Å². The van der Waals surface area contributed by atoms with Crippen LogP contribution in [-0.2, 0) is 0 Å². The van der Waals surface area contributed by atoms with Gasteiger partial charge in [-0.2, -0.15) is 13.2 Å². The lowest BCUT2D eigenvalue weighted by Crippen LogP contribution is -2.57. The number of hydrogen-bond donors (Lipinski definition) is 3. The van der Waals surface area contributed by atoms with E-state index in [-0.39, 0.29) is 5.82 Å². The van der Waals surface area contributed by atoms with Gasteiger partial charge in [0.05, 0.1) is 5.52 Å². The molecule has 0 unspecified atom stereocenters. The summed E-state index contributed by atoms with van der Waals surface area (Å²) in [5, 5.41) is 6.75. The lowest BCUT2D eigenvalue weighted by atomic mass is 9.52. The molecule has 25 heavy (non-hydrogen) atoms. The fraction of sp³-hybridized carbons (Fsp3) is 0.500. The number of anilines is 2. The smallest absolute Gasteiger partial charge is 0.382 e. The molecule has 1 aromatic carbocycles. The molecule has 2 fully saturated rings. The van der Waals surface area contributed by atoms with Crippen LogP contribution in [0.25, 0.3) is 10.9 Å². The SMILES string of the molecule is NC1CC2(C1)CC(Nc1ccc3nc(NCC(F)(F)F)ccc3c1)C2. The fourth-order valence-electron chi connectivity index (χ4n) is 4.21. The van der Waals surface area contributed by atoms with Gasteiger partial charge in [0.25, 0.3) is 0 Å². The molecule has 7 heteroatoms. The van der Waals surface area contributed by atoms with Gasteiger partial charge in [0.2, 0.25) is 0 Å². The van der Waals surface area contributed by atoms with E-state index in [1.807, 2.05) is 18.2 Å². The first-order valence-corrected chi connectivity index (χ1v) is 8.54. The van der Waals surface area contributed by atoms with Crippen molar-refractivity contribution in [3.63, 3.8) is 0 Å². The zero-order valence-electron chi connectivity index (χ0n) is 13.7. The number of rotatable bonds is 4. The molecule has 2 saturated carbocycles. The van der Waals surface area contributed by atoms with Gasteiger partial charge in [-0.05, 0) is 61.4 Å². The summed E-state index contributed by atoms with van der Waals surface area (Å²) in [4.78, 5) is 4.23. The van der Waals surface area contributed by atoms with Gasteiger partial charge in [0.15, 0.2) is 0 Å². The number of nitrogens with one attached hydrogen (secondary N) is 2. The van der Waals surface area contributed by atoms with Gasteiger partial charge in [0, 0.05) is 23.2 Å². The number of benzene rings is 1. The Balaban J connectivity index is 1.39. The molecular formula is C18H21F3N4. The van der Waals surface area contributed by atoms with Gasteiger partial charge in [-0.1, -0.05) is 0 Å². The molecule has 134 valence electrons. The molecule has 2 aromatic rings. The first kappa shape index (κ1) is 16.4. The minimum atomic E-state index is -4.26. The highest BCUT2D eigenvalue weighted by Crippen LogP contribution is 2.55. The Morgan fingerprint density at radius 1 is 1.12 bits per heavy atom. The van der Waals surface area contributed by atoms with Crippen molar-refractivity contribution in [2.45, 2.75) is 43.9 Å². The van der Waals surface area contributed by atoms with Gasteiger partial charge >= 0.3 is 6.18 Å². The quantitative estimate of drug-likeness (QED) is 0.783. The molecule has 0 atom stereocenters. The largest absolute Gasteiger partial charge is 0.405 e. The van der Waals surface area contributed by atoms with Crippen LogP contribution in [0.1, 0.15) is 25.7 Å². The summed E-state index contributed by atoms with van der Waals surface area (Å²) >= 11 is 0. The van der Waals surface area contributed by atoms with Crippen LogP contribution in [0.15, 0.2) is 30.3 Å². The number of nitrogens with two attached hydrogens (primary N) is 1. The van der Waals surface area contributed by atoms with E-state index in [2.05, 4.69) is 15.6 Å². The van der Waals surface area contributed by atoms with Gasteiger partial charge in [0.1, 0.15) is 12.4 Å². The third kappa shape index (κ3) is 3.51. The van der Waals surface area contributed by atoms with Crippen molar-refractivity contribution in [1.29, 1.82) is 0 Å². The molecule has 0 aliphatic heterocycles. The third-order valence-corrected chi connectivity index (χ3v) is 5.28. The Bertz CT molecular complexity index is 775. The number of alkyl halides is 3. The van der Waals surface area contributed by atoms with E-state index < -0.39 is 12.7 Å². The van der Waals surface area contributed by atoms with Crippen LogP contribution >= 0.6 is 0 Å². The molecule has 2 aliphatic rings. The van der Waals surface area contributed by atoms with Gasteiger partial charge in [-0.3, -0.25) is 0 Å². The van der Waals surface area contributed by atoms with Crippen LogP contribution in [0.2, 0.25) is 0 Å². The Kier molecular flexibility index (Phi) is 3.79. The Morgan fingerprint density at radius 3 is 2.56 bits per heavy atom. The number of pyridine rings is 1. The molecule has 0 saturated heterocycles. The Morgan fingerprint density at radius 2 is 1.88 bits per heavy atom. The maximum atomic E-state index is 12.3. The van der Waals surface area contributed by atoms with E-state index in [4.69, 9.17) is 5.73 Å². The number of halogens is 3. The first-order valence-electron chi connectivity index (χ1n) is 8.54. The second-order valence-electron chi connectivity index (χ2n) is 7.49. The van der Waals surface area contributed by atoms with Gasteiger partial charge in [-0.15, -0.1) is 0 Å². The maximum Gasteiger partial charge on any atom is 0.405 e. The first-order chi connectivity index (χ1) is 11.8. The van der Waals surface area contributed by atoms with Crippen LogP contribution in [0.4, 0.5) is 24.7 Å². The molecular weight excluding hydrogens is 329 g/mol. The standard InChI is InChI=1S/C18H21F3N4/c19-18(20,21)10-23-16-4-1-11-5-13(2-3-15(11)25-16)24-14-8-17(9-14)6-12(22)7-17/h1-5,12,14,24H,6-10,22H2,(H,23,25). The predicted octanol–water partition coefficient (Wildman–Crippen LogP) is 3.89. The molecule has 0 radical (unpaired) electrons. The summed E-state index contributed by atoms with van der Waals surface area (Å²) < 4.78 is 36.8. The Labute approximate surface area is 144 Å². The molecule has 4 rings (SSSR count). The highest BCUT2D eigenvalue weighted by molar-refractivity contribution is 5.83. The second-order valence-corrected chi connectivity index (χ2v) is 7.49. The molecule has 0 amide bonds. The molecule has 4 nitrogen and oxygen atoms in total. The molecule has 1 heterocycles. The second kappa shape index (κ2) is 5.76. The summed E-state index contributed by atoms with van der Waals surface area (Å²) in [5.74, 6) is 0.229. The lowest BCUT2D eigenvalue weighted by Gasteiger charge is -2.57. The van der Waals surface area contributed by atoms with Crippen molar-refractivity contribution in [2.75, 3.05) is 17.2 Å². The van der Waals surface area contributed by atoms with Gasteiger partial charge in [-0.25, -0.2) is 4.98 Å². The number of fused-ring (bicyclic) bond motifs is 1. The van der Waals surface area contributed by atoms with Crippen LogP contribution in [-0.4, -0.2) is 29.8 Å². The summed E-state index contributed by atoms with van der Waals surface area (Å²) in [7, 11) is 0. The number of nitrogens with zero attached hydrogens (tertiary/aromatic N) is 1. The number of aromatic nitrogens is 1. The zero-order chi connectivity index (χ0) is 17.7. The Hall–Kier alpha value is -2.02. The molecule has 1 spiro atoms. The third-order valence-electron chi connectivity index (χ3n) is 5.28. The molecule has 2 aliphatic carbocycles. The van der Waals surface area contributed by atoms with Crippen LogP contribution in [0, 0.1) is 5.41 Å². The van der Waals surface area contributed by atoms with Crippen LogP contribution < -0.4 is 16.4 Å². The van der Waals surface area contributed by atoms with Crippen LogP contribution in [0.5, 0.6) is 0 Å². The van der Waals surface area contributed by atoms with Crippen molar-refractivity contribution >= 4 is 22.4 Å². The minimum Gasteiger partial charge on any atom is -0.382 e. The summed E-state index contributed by atoms with van der Waals surface area (Å²) in [6.45, 7) is -1.09. The van der Waals surface area contributed by atoms with E-state index in [1.54, 1.807) is 12.1 Å². The van der Waals surface area contributed by atoms with Crippen molar-refractivity contribution in [1.82, 2.24) is 4.98 Å². The highest BCUT2D eigenvalue weighted by Gasteiger charge is 2.51. The molecule has 0 bridgehead atoms. The molecule has 1 aromatic heterocycles. The lowest BCUT2D eigenvalue weighted by molar-refractivity contribution is -0.115. The van der Waals surface area contributed by atoms with Crippen molar-refractivity contribution in [3.8, 4) is 0 Å². The fourth-order valence-corrected chi connectivity index (χ4v) is 4.21. The van der Waals surface area contributed by atoms with E-state index in [1.165, 1.54) is 0 Å². The van der Waals surface area contributed by atoms with E-state index in [9.17, 15) is 13.2 Å². The maximum absolute atomic E-state index is 12.3. The summed E-state index contributed by atoms with van der Waals surface area (Å²) in [6, 6.07) is 9.99. The minimum absolute atomic E-state index is 0.229. The summed E-state index contributed by atoms with van der Waals surface area (Å²) in [6.07, 6.45) is 0.352. The predicted molar refractivity (Wildman–Crippen MR) is 92.6 cm³/mol.